The van der Waals surface area contributed by atoms with Crippen LogP contribution in [0.25, 0.3) is 0 Å². The third kappa shape index (κ3) is 2.35. The molecule has 0 aliphatic carbocycles. The lowest BCUT2D eigenvalue weighted by molar-refractivity contribution is 0.0407. The second-order valence-electron chi connectivity index (χ2n) is 5.77. The summed E-state index contributed by atoms with van der Waals surface area (Å²) >= 11 is 0. The first-order valence-electron chi connectivity index (χ1n) is 7.02. The van der Waals surface area contributed by atoms with E-state index >= 15 is 0 Å². The minimum Gasteiger partial charge on any atom is -0.485 e. The molecule has 0 amide bonds. The molecule has 3 rings (SSSR count). The first-order valence-corrected chi connectivity index (χ1v) is 7.02. The molecule has 1 aromatic rings. The van der Waals surface area contributed by atoms with Crippen LogP contribution in [0.2, 0.25) is 0 Å². The van der Waals surface area contributed by atoms with Crippen molar-refractivity contribution >= 4 is 0 Å². The summed E-state index contributed by atoms with van der Waals surface area (Å²) in [4.78, 5) is 2.29. The first-order chi connectivity index (χ1) is 9.12. The molecule has 1 N–H and O–H groups in total. The maximum Gasteiger partial charge on any atom is 0.127 e. The van der Waals surface area contributed by atoms with Crippen LogP contribution in [0.1, 0.15) is 31.4 Å². The van der Waals surface area contributed by atoms with E-state index in [1.807, 2.05) is 6.07 Å². The van der Waals surface area contributed by atoms with Crippen molar-refractivity contribution in [2.45, 2.75) is 31.4 Å². The molecule has 0 radical (unpaired) electrons. The quantitative estimate of drug-likeness (QED) is 0.887. The maximum atomic E-state index is 13.4. The van der Waals surface area contributed by atoms with E-state index < -0.39 is 0 Å². The second-order valence-corrected chi connectivity index (χ2v) is 5.77. The summed E-state index contributed by atoms with van der Waals surface area (Å²) in [6, 6.07) is 5.16. The smallest absolute Gasteiger partial charge is 0.127 e. The summed E-state index contributed by atoms with van der Waals surface area (Å²) in [5.74, 6) is 0.491. The van der Waals surface area contributed by atoms with Crippen LogP contribution in [0, 0.1) is 5.82 Å². The highest BCUT2D eigenvalue weighted by Gasteiger charge is 2.44. The van der Waals surface area contributed by atoms with Gasteiger partial charge >= 0.3 is 0 Å². The monoisotopic (exact) mass is 264 g/mol. The molecule has 19 heavy (non-hydrogen) atoms. The summed E-state index contributed by atoms with van der Waals surface area (Å²) in [6.07, 6.45) is 1.98. The van der Waals surface area contributed by atoms with Gasteiger partial charge in [-0.25, -0.2) is 4.39 Å². The first kappa shape index (κ1) is 12.9. The van der Waals surface area contributed by atoms with Crippen molar-refractivity contribution in [2.75, 3.05) is 26.7 Å². The van der Waals surface area contributed by atoms with E-state index in [2.05, 4.69) is 24.2 Å². The zero-order valence-electron chi connectivity index (χ0n) is 11.6. The van der Waals surface area contributed by atoms with Gasteiger partial charge in [0.15, 0.2) is 0 Å². The molecule has 2 unspecified atom stereocenters. The number of rotatable bonds is 2. The van der Waals surface area contributed by atoms with E-state index in [4.69, 9.17) is 4.74 Å². The van der Waals surface area contributed by atoms with Crippen molar-refractivity contribution < 1.29 is 9.13 Å². The van der Waals surface area contributed by atoms with Gasteiger partial charge in [-0.1, -0.05) is 13.0 Å². The Morgan fingerprint density at radius 1 is 1.53 bits per heavy atom. The molecule has 2 aliphatic heterocycles. The fourth-order valence-corrected chi connectivity index (χ4v) is 3.36. The molecule has 2 atom stereocenters. The molecular weight excluding hydrogens is 243 g/mol. The van der Waals surface area contributed by atoms with Crippen molar-refractivity contribution in [1.82, 2.24) is 10.2 Å². The average molecular weight is 264 g/mol. The number of nitrogens with zero attached hydrogens (tertiary/aromatic N) is 1. The topological polar surface area (TPSA) is 24.5 Å². The molecule has 3 nitrogen and oxygen atoms in total. The van der Waals surface area contributed by atoms with Crippen molar-refractivity contribution in [1.29, 1.82) is 0 Å². The van der Waals surface area contributed by atoms with E-state index in [0.717, 1.165) is 38.0 Å². The number of likely N-dealkylation sites (N-methyl/N-ethyl adjacent to an activating group) is 1. The van der Waals surface area contributed by atoms with Gasteiger partial charge in [0.05, 0.1) is 0 Å². The molecule has 1 spiro atoms. The van der Waals surface area contributed by atoms with E-state index in [-0.39, 0.29) is 17.5 Å². The summed E-state index contributed by atoms with van der Waals surface area (Å²) in [6.45, 7) is 4.98. The van der Waals surface area contributed by atoms with Gasteiger partial charge in [-0.15, -0.1) is 0 Å². The minimum atomic E-state index is -0.225. The summed E-state index contributed by atoms with van der Waals surface area (Å²) in [7, 11) is 2.11. The Labute approximate surface area is 113 Å². The highest BCUT2D eigenvalue weighted by molar-refractivity contribution is 5.40. The molecule has 1 saturated heterocycles. The number of halogens is 1. The van der Waals surface area contributed by atoms with Crippen LogP contribution in [0.4, 0.5) is 4.39 Å². The SMILES string of the molecule is CCNC1CC2(CCN(C)C2)Oc2cc(F)ccc21. The largest absolute Gasteiger partial charge is 0.485 e. The third-order valence-corrected chi connectivity index (χ3v) is 4.21. The predicted octanol–water partition coefficient (Wildman–Crippen LogP) is 2.33. The number of ether oxygens (including phenoxy) is 1. The Hall–Kier alpha value is -1.13. The Morgan fingerprint density at radius 2 is 2.37 bits per heavy atom. The number of fused-ring (bicyclic) bond motifs is 1. The van der Waals surface area contributed by atoms with E-state index in [9.17, 15) is 4.39 Å². The van der Waals surface area contributed by atoms with Crippen LogP contribution in [0.5, 0.6) is 5.75 Å². The molecule has 1 aromatic carbocycles. The van der Waals surface area contributed by atoms with E-state index in [0.29, 0.717) is 5.75 Å². The number of nitrogens with one attached hydrogen (secondary N) is 1. The molecular formula is C15H21FN2O. The molecule has 2 heterocycles. The molecule has 1 fully saturated rings. The molecule has 0 aromatic heterocycles. The standard InChI is InChI=1S/C15H21FN2O/c1-3-17-13-9-15(6-7-18(2)10-15)19-14-8-11(16)4-5-12(13)14/h4-5,8,13,17H,3,6-7,9-10H2,1-2H3. The Balaban J connectivity index is 1.95. The van der Waals surface area contributed by atoms with Crippen LogP contribution in [0.3, 0.4) is 0 Å². The highest BCUT2D eigenvalue weighted by Crippen LogP contribution is 2.43. The van der Waals surface area contributed by atoms with Crippen molar-refractivity contribution in [3.63, 3.8) is 0 Å². The molecule has 0 bridgehead atoms. The number of hydrogen-bond acceptors (Lipinski definition) is 3. The van der Waals surface area contributed by atoms with Gasteiger partial charge in [0, 0.05) is 43.6 Å². The van der Waals surface area contributed by atoms with Gasteiger partial charge in [0.2, 0.25) is 0 Å². The zero-order chi connectivity index (χ0) is 13.5. The van der Waals surface area contributed by atoms with Gasteiger partial charge < -0.3 is 15.0 Å². The fourth-order valence-electron chi connectivity index (χ4n) is 3.36. The second kappa shape index (κ2) is 4.76. The molecule has 0 saturated carbocycles. The lowest BCUT2D eigenvalue weighted by Gasteiger charge is -2.40. The minimum absolute atomic E-state index is 0.150. The van der Waals surface area contributed by atoms with Crippen LogP contribution in [0.15, 0.2) is 18.2 Å². The predicted molar refractivity (Wildman–Crippen MR) is 72.9 cm³/mol. The van der Waals surface area contributed by atoms with Gasteiger partial charge in [0.25, 0.3) is 0 Å². The summed E-state index contributed by atoms with van der Waals surface area (Å²) in [5, 5.41) is 3.51. The fraction of sp³-hybridized carbons (Fsp3) is 0.600. The van der Waals surface area contributed by atoms with Gasteiger partial charge in [-0.05, 0) is 19.7 Å². The number of hydrogen-bond donors (Lipinski definition) is 1. The van der Waals surface area contributed by atoms with Crippen LogP contribution in [-0.4, -0.2) is 37.2 Å². The van der Waals surface area contributed by atoms with Crippen LogP contribution >= 0.6 is 0 Å². The average Bonchev–Trinajstić information content (AvgIpc) is 2.70. The van der Waals surface area contributed by atoms with Crippen molar-refractivity contribution in [2.24, 2.45) is 0 Å². The van der Waals surface area contributed by atoms with E-state index in [1.54, 1.807) is 0 Å². The van der Waals surface area contributed by atoms with Crippen LogP contribution < -0.4 is 10.1 Å². The Kier molecular flexibility index (Phi) is 3.23. The van der Waals surface area contributed by atoms with Crippen LogP contribution in [-0.2, 0) is 0 Å². The van der Waals surface area contributed by atoms with Crippen molar-refractivity contribution in [3.05, 3.63) is 29.6 Å². The Bertz CT molecular complexity index is 479. The van der Waals surface area contributed by atoms with Gasteiger partial charge in [0.1, 0.15) is 17.2 Å². The zero-order valence-corrected chi connectivity index (χ0v) is 11.6. The Morgan fingerprint density at radius 3 is 3.05 bits per heavy atom. The lowest BCUT2D eigenvalue weighted by Crippen LogP contribution is -2.45. The summed E-state index contributed by atoms with van der Waals surface area (Å²) < 4.78 is 19.6. The van der Waals surface area contributed by atoms with Gasteiger partial charge in [-0.3, -0.25) is 0 Å². The molecule has 4 heteroatoms. The normalized spacial score (nSPS) is 30.4. The number of likely N-dealkylation sites (tertiary alicyclic amines) is 1. The van der Waals surface area contributed by atoms with Gasteiger partial charge in [-0.2, -0.15) is 0 Å². The maximum absolute atomic E-state index is 13.4. The highest BCUT2D eigenvalue weighted by atomic mass is 19.1. The molecule has 2 aliphatic rings. The third-order valence-electron chi connectivity index (χ3n) is 4.21. The van der Waals surface area contributed by atoms with Crippen molar-refractivity contribution in [3.8, 4) is 5.75 Å². The lowest BCUT2D eigenvalue weighted by atomic mass is 9.86. The van der Waals surface area contributed by atoms with E-state index in [1.165, 1.54) is 12.1 Å². The summed E-state index contributed by atoms with van der Waals surface area (Å²) in [5.41, 5.74) is 0.936. The molecule has 104 valence electrons. The number of benzene rings is 1.